The average Bonchev–Trinajstić information content (AvgIpc) is 2.92. The minimum atomic E-state index is 0.625. The number of aromatic amines is 1. The molecule has 1 aromatic carbocycles. The number of piperazine rings is 1. The van der Waals surface area contributed by atoms with Crippen molar-refractivity contribution in [2.24, 2.45) is 0 Å². The fourth-order valence-corrected chi connectivity index (χ4v) is 2.69. The summed E-state index contributed by atoms with van der Waals surface area (Å²) in [7, 11) is 2.20. The number of nitrogens with one attached hydrogen (secondary N) is 1. The molecule has 0 radical (unpaired) electrons. The van der Waals surface area contributed by atoms with E-state index in [4.69, 9.17) is 0 Å². The van der Waals surface area contributed by atoms with E-state index in [0.717, 1.165) is 37.6 Å². The SMILES string of the molecule is CC1CN(Cc2cnc(-c3ccccc3)[nH]2)CCN1C. The minimum absolute atomic E-state index is 0.625. The van der Waals surface area contributed by atoms with Crippen LogP contribution in [-0.4, -0.2) is 52.5 Å². The molecule has 1 saturated heterocycles. The van der Waals surface area contributed by atoms with Gasteiger partial charge < -0.3 is 9.88 Å². The first kappa shape index (κ1) is 13.3. The lowest BCUT2D eigenvalue weighted by Gasteiger charge is -2.37. The topological polar surface area (TPSA) is 35.2 Å². The summed E-state index contributed by atoms with van der Waals surface area (Å²) in [4.78, 5) is 12.8. The number of H-pyrrole nitrogens is 1. The molecule has 0 saturated carbocycles. The van der Waals surface area contributed by atoms with E-state index >= 15 is 0 Å². The van der Waals surface area contributed by atoms with Crippen LogP contribution < -0.4 is 0 Å². The van der Waals surface area contributed by atoms with Crippen LogP contribution in [-0.2, 0) is 6.54 Å². The van der Waals surface area contributed by atoms with Crippen LogP contribution >= 0.6 is 0 Å². The Morgan fingerprint density at radius 3 is 2.80 bits per heavy atom. The van der Waals surface area contributed by atoms with E-state index in [1.807, 2.05) is 24.4 Å². The monoisotopic (exact) mass is 270 g/mol. The van der Waals surface area contributed by atoms with Gasteiger partial charge in [0, 0.05) is 49.7 Å². The molecule has 4 nitrogen and oxygen atoms in total. The molecule has 1 aliphatic rings. The highest BCUT2D eigenvalue weighted by Gasteiger charge is 2.20. The number of imidazole rings is 1. The van der Waals surface area contributed by atoms with E-state index in [0.29, 0.717) is 6.04 Å². The summed E-state index contributed by atoms with van der Waals surface area (Å²) in [5, 5.41) is 0. The van der Waals surface area contributed by atoms with Crippen LogP contribution in [0.15, 0.2) is 36.5 Å². The van der Waals surface area contributed by atoms with Crippen LogP contribution in [0, 0.1) is 0 Å². The number of likely N-dealkylation sites (N-methyl/N-ethyl adjacent to an activating group) is 1. The van der Waals surface area contributed by atoms with Crippen molar-refractivity contribution in [1.29, 1.82) is 0 Å². The minimum Gasteiger partial charge on any atom is -0.341 e. The fourth-order valence-electron chi connectivity index (χ4n) is 2.69. The van der Waals surface area contributed by atoms with Gasteiger partial charge in [-0.25, -0.2) is 4.98 Å². The van der Waals surface area contributed by atoms with E-state index in [2.05, 4.69) is 45.9 Å². The maximum absolute atomic E-state index is 4.49. The summed E-state index contributed by atoms with van der Waals surface area (Å²) in [5.74, 6) is 0.961. The van der Waals surface area contributed by atoms with Gasteiger partial charge in [0.15, 0.2) is 0 Å². The molecule has 4 heteroatoms. The second-order valence-electron chi connectivity index (χ2n) is 5.69. The van der Waals surface area contributed by atoms with Crippen LogP contribution in [0.1, 0.15) is 12.6 Å². The van der Waals surface area contributed by atoms with E-state index in [1.165, 1.54) is 5.69 Å². The Morgan fingerprint density at radius 1 is 1.25 bits per heavy atom. The Balaban J connectivity index is 1.66. The zero-order valence-corrected chi connectivity index (χ0v) is 12.2. The molecule has 1 aromatic heterocycles. The van der Waals surface area contributed by atoms with Crippen LogP contribution in [0.4, 0.5) is 0 Å². The van der Waals surface area contributed by atoms with E-state index in [1.54, 1.807) is 0 Å². The Hall–Kier alpha value is -1.65. The van der Waals surface area contributed by atoms with Gasteiger partial charge >= 0.3 is 0 Å². The number of hydrogen-bond donors (Lipinski definition) is 1. The first-order chi connectivity index (χ1) is 9.72. The fraction of sp³-hybridized carbons (Fsp3) is 0.438. The van der Waals surface area contributed by atoms with Crippen LogP contribution in [0.3, 0.4) is 0 Å². The van der Waals surface area contributed by atoms with Gasteiger partial charge in [-0.1, -0.05) is 30.3 Å². The maximum atomic E-state index is 4.49. The smallest absolute Gasteiger partial charge is 0.137 e. The molecule has 1 fully saturated rings. The van der Waals surface area contributed by atoms with Gasteiger partial charge in [-0.3, -0.25) is 4.90 Å². The van der Waals surface area contributed by atoms with Crippen molar-refractivity contribution in [1.82, 2.24) is 19.8 Å². The molecule has 1 N–H and O–H groups in total. The van der Waals surface area contributed by atoms with E-state index in [-0.39, 0.29) is 0 Å². The summed E-state index contributed by atoms with van der Waals surface area (Å²) >= 11 is 0. The van der Waals surface area contributed by atoms with Gasteiger partial charge in [0.05, 0.1) is 0 Å². The highest BCUT2D eigenvalue weighted by atomic mass is 15.3. The Bertz CT molecular complexity index is 549. The van der Waals surface area contributed by atoms with E-state index in [9.17, 15) is 0 Å². The largest absolute Gasteiger partial charge is 0.341 e. The number of nitrogens with zero attached hydrogens (tertiary/aromatic N) is 3. The summed E-state index contributed by atoms with van der Waals surface area (Å²) in [5.41, 5.74) is 2.34. The molecule has 0 bridgehead atoms. The first-order valence-corrected chi connectivity index (χ1v) is 7.24. The molecular formula is C16H22N4. The number of rotatable bonds is 3. The molecule has 1 aliphatic heterocycles. The predicted octanol–water partition coefficient (Wildman–Crippen LogP) is 2.21. The third-order valence-electron chi connectivity index (χ3n) is 4.11. The van der Waals surface area contributed by atoms with Gasteiger partial charge in [-0.05, 0) is 14.0 Å². The van der Waals surface area contributed by atoms with Crippen LogP contribution in [0.2, 0.25) is 0 Å². The van der Waals surface area contributed by atoms with Crippen molar-refractivity contribution in [3.05, 3.63) is 42.2 Å². The quantitative estimate of drug-likeness (QED) is 0.929. The maximum Gasteiger partial charge on any atom is 0.137 e. The van der Waals surface area contributed by atoms with Gasteiger partial charge in [0.2, 0.25) is 0 Å². The number of hydrogen-bond acceptors (Lipinski definition) is 3. The van der Waals surface area contributed by atoms with Crippen molar-refractivity contribution < 1.29 is 0 Å². The van der Waals surface area contributed by atoms with Crippen LogP contribution in [0.5, 0.6) is 0 Å². The average molecular weight is 270 g/mol. The van der Waals surface area contributed by atoms with Gasteiger partial charge in [0.1, 0.15) is 5.82 Å². The molecule has 0 amide bonds. The molecule has 2 heterocycles. The van der Waals surface area contributed by atoms with Gasteiger partial charge in [-0.2, -0.15) is 0 Å². The number of benzene rings is 1. The van der Waals surface area contributed by atoms with Gasteiger partial charge in [-0.15, -0.1) is 0 Å². The number of aromatic nitrogens is 2. The van der Waals surface area contributed by atoms with Crippen molar-refractivity contribution in [2.45, 2.75) is 19.5 Å². The molecule has 2 aromatic rings. The highest BCUT2D eigenvalue weighted by Crippen LogP contribution is 2.16. The third kappa shape index (κ3) is 2.92. The molecular weight excluding hydrogens is 248 g/mol. The Labute approximate surface area is 120 Å². The summed E-state index contributed by atoms with van der Waals surface area (Å²) in [6, 6.07) is 10.9. The second-order valence-corrected chi connectivity index (χ2v) is 5.69. The molecule has 1 atom stereocenters. The molecule has 106 valence electrons. The molecule has 0 aliphatic carbocycles. The van der Waals surface area contributed by atoms with Crippen molar-refractivity contribution in [3.8, 4) is 11.4 Å². The normalized spacial score (nSPS) is 21.2. The molecule has 3 rings (SSSR count). The Kier molecular flexibility index (Phi) is 3.85. The highest BCUT2D eigenvalue weighted by molar-refractivity contribution is 5.54. The van der Waals surface area contributed by atoms with Crippen LogP contribution in [0.25, 0.3) is 11.4 Å². The zero-order valence-electron chi connectivity index (χ0n) is 12.2. The first-order valence-electron chi connectivity index (χ1n) is 7.24. The lowest BCUT2D eigenvalue weighted by molar-refractivity contribution is 0.0992. The Morgan fingerprint density at radius 2 is 2.05 bits per heavy atom. The van der Waals surface area contributed by atoms with Gasteiger partial charge in [0.25, 0.3) is 0 Å². The third-order valence-corrected chi connectivity index (χ3v) is 4.11. The van der Waals surface area contributed by atoms with Crippen molar-refractivity contribution in [3.63, 3.8) is 0 Å². The lowest BCUT2D eigenvalue weighted by Crippen LogP contribution is -2.49. The summed E-state index contributed by atoms with van der Waals surface area (Å²) in [6.45, 7) is 6.63. The standard InChI is InChI=1S/C16H22N4/c1-13-11-20(9-8-19(13)2)12-15-10-17-16(18-15)14-6-4-3-5-7-14/h3-7,10,13H,8-9,11-12H2,1-2H3,(H,17,18). The molecule has 20 heavy (non-hydrogen) atoms. The van der Waals surface area contributed by atoms with E-state index < -0.39 is 0 Å². The molecule has 1 unspecified atom stereocenters. The summed E-state index contributed by atoms with van der Waals surface area (Å²) < 4.78 is 0. The second kappa shape index (κ2) is 5.77. The summed E-state index contributed by atoms with van der Waals surface area (Å²) in [6.07, 6.45) is 1.96. The van der Waals surface area contributed by atoms with Crippen molar-refractivity contribution in [2.75, 3.05) is 26.7 Å². The van der Waals surface area contributed by atoms with Crippen molar-refractivity contribution >= 4 is 0 Å². The predicted molar refractivity (Wildman–Crippen MR) is 81.4 cm³/mol. The lowest BCUT2D eigenvalue weighted by atomic mass is 10.2. The molecule has 0 spiro atoms. The zero-order chi connectivity index (χ0) is 13.9.